The Kier molecular flexibility index (Phi) is 4.65. The molecule has 1 aromatic rings. The quantitative estimate of drug-likeness (QED) is 0.777. The molecule has 0 saturated carbocycles. The number of carboxylic acid groups (broad SMARTS) is 1. The van der Waals surface area contributed by atoms with Gasteiger partial charge in [0.15, 0.2) is 0 Å². The highest BCUT2D eigenvalue weighted by Gasteiger charge is 2.04. The van der Waals surface area contributed by atoms with Crippen molar-refractivity contribution in [1.82, 2.24) is 4.90 Å². The van der Waals surface area contributed by atoms with Crippen molar-refractivity contribution in [2.45, 2.75) is 11.4 Å². The molecule has 0 atom stereocenters. The lowest BCUT2D eigenvalue weighted by Crippen LogP contribution is -2.25. The Hall–Kier alpha value is -1.00. The lowest BCUT2D eigenvalue weighted by atomic mass is 10.2. The highest BCUT2D eigenvalue weighted by Crippen LogP contribution is 2.15. The summed E-state index contributed by atoms with van der Waals surface area (Å²) in [5, 5.41) is 8.60. The normalized spacial score (nSPS) is 10.6. The zero-order valence-corrected chi connectivity index (χ0v) is 9.75. The Morgan fingerprint density at radius 1 is 1.40 bits per heavy atom. The number of hydrogen-bond acceptors (Lipinski definition) is 3. The van der Waals surface area contributed by atoms with Crippen LogP contribution in [-0.4, -0.2) is 35.8 Å². The van der Waals surface area contributed by atoms with Crippen molar-refractivity contribution in [2.75, 3.05) is 19.8 Å². The number of carboxylic acids is 1. The summed E-state index contributed by atoms with van der Waals surface area (Å²) in [6.07, 6.45) is 2.03. The molecule has 0 aromatic heterocycles. The molecular weight excluding hydrogens is 210 g/mol. The van der Waals surface area contributed by atoms with Gasteiger partial charge in [0.1, 0.15) is 0 Å². The predicted octanol–water partition coefficient (Wildman–Crippen LogP) is 1.92. The van der Waals surface area contributed by atoms with Crippen LogP contribution in [0.5, 0.6) is 0 Å². The molecule has 1 rings (SSSR count). The van der Waals surface area contributed by atoms with E-state index in [4.69, 9.17) is 5.11 Å². The molecule has 0 amide bonds. The molecule has 0 radical (unpaired) electrons. The Labute approximate surface area is 94.1 Å². The molecular formula is C11H15NO2S. The first kappa shape index (κ1) is 12.1. The molecule has 0 aliphatic carbocycles. The van der Waals surface area contributed by atoms with E-state index in [9.17, 15) is 4.79 Å². The third kappa shape index (κ3) is 4.36. The van der Waals surface area contributed by atoms with Gasteiger partial charge in [0.05, 0.1) is 6.54 Å². The fraction of sp³-hybridized carbons (Fsp3) is 0.364. The molecule has 82 valence electrons. The van der Waals surface area contributed by atoms with E-state index in [0.717, 1.165) is 5.56 Å². The minimum atomic E-state index is -0.793. The van der Waals surface area contributed by atoms with Crippen LogP contribution in [0.25, 0.3) is 0 Å². The van der Waals surface area contributed by atoms with Crippen LogP contribution in [0.1, 0.15) is 5.56 Å². The van der Waals surface area contributed by atoms with Gasteiger partial charge >= 0.3 is 5.97 Å². The number of carbonyl (C=O) groups is 1. The first-order valence-electron chi connectivity index (χ1n) is 4.65. The predicted molar refractivity (Wildman–Crippen MR) is 62.2 cm³/mol. The highest BCUT2D eigenvalue weighted by atomic mass is 32.2. The number of hydrogen-bond donors (Lipinski definition) is 1. The van der Waals surface area contributed by atoms with Crippen LogP contribution < -0.4 is 0 Å². The van der Waals surface area contributed by atoms with Gasteiger partial charge < -0.3 is 5.11 Å². The Balaban J connectivity index is 2.53. The van der Waals surface area contributed by atoms with Crippen LogP contribution in [-0.2, 0) is 11.3 Å². The first-order chi connectivity index (χ1) is 7.11. The molecule has 0 aliphatic rings. The van der Waals surface area contributed by atoms with Crippen molar-refractivity contribution in [3.63, 3.8) is 0 Å². The van der Waals surface area contributed by atoms with Gasteiger partial charge in [0.2, 0.25) is 0 Å². The van der Waals surface area contributed by atoms with E-state index < -0.39 is 5.97 Å². The van der Waals surface area contributed by atoms with Gasteiger partial charge in [-0.1, -0.05) is 12.1 Å². The van der Waals surface area contributed by atoms with Crippen LogP contribution in [0, 0.1) is 0 Å². The van der Waals surface area contributed by atoms with Gasteiger partial charge in [-0.15, -0.1) is 11.8 Å². The highest BCUT2D eigenvalue weighted by molar-refractivity contribution is 7.98. The average Bonchev–Trinajstić information content (AvgIpc) is 2.17. The zero-order valence-electron chi connectivity index (χ0n) is 8.93. The molecule has 0 bridgehead atoms. The molecule has 0 heterocycles. The maximum Gasteiger partial charge on any atom is 0.317 e. The standard InChI is InChI=1S/C11H15NO2S/c1-12(8-11(13)14)7-9-3-5-10(15-2)6-4-9/h3-6H,7-8H2,1-2H3,(H,13,14). The van der Waals surface area contributed by atoms with E-state index in [0.29, 0.717) is 6.54 Å². The number of benzene rings is 1. The van der Waals surface area contributed by atoms with Crippen molar-refractivity contribution in [3.8, 4) is 0 Å². The Bertz CT molecular complexity index is 324. The van der Waals surface area contributed by atoms with Crippen LogP contribution in [0.4, 0.5) is 0 Å². The van der Waals surface area contributed by atoms with Crippen molar-refractivity contribution >= 4 is 17.7 Å². The summed E-state index contributed by atoms with van der Waals surface area (Å²) in [7, 11) is 1.80. The molecule has 15 heavy (non-hydrogen) atoms. The summed E-state index contributed by atoms with van der Waals surface area (Å²) in [4.78, 5) is 13.5. The fourth-order valence-corrected chi connectivity index (χ4v) is 1.74. The van der Waals surface area contributed by atoms with Gasteiger partial charge in [0, 0.05) is 11.4 Å². The third-order valence-corrected chi connectivity index (χ3v) is 2.76. The van der Waals surface area contributed by atoms with E-state index in [2.05, 4.69) is 12.1 Å². The summed E-state index contributed by atoms with van der Waals surface area (Å²) in [6.45, 7) is 0.741. The molecule has 1 aromatic carbocycles. The van der Waals surface area contributed by atoms with Crippen molar-refractivity contribution in [3.05, 3.63) is 29.8 Å². The molecule has 0 saturated heterocycles. The van der Waals surface area contributed by atoms with Crippen molar-refractivity contribution in [1.29, 1.82) is 0 Å². The molecule has 0 unspecified atom stereocenters. The lowest BCUT2D eigenvalue weighted by Gasteiger charge is -2.13. The Morgan fingerprint density at radius 2 is 2.00 bits per heavy atom. The first-order valence-corrected chi connectivity index (χ1v) is 5.87. The lowest BCUT2D eigenvalue weighted by molar-refractivity contribution is -0.138. The summed E-state index contributed by atoms with van der Waals surface area (Å²) >= 11 is 1.70. The number of nitrogens with zero attached hydrogens (tertiary/aromatic N) is 1. The molecule has 1 N–H and O–H groups in total. The van der Waals surface area contributed by atoms with Crippen molar-refractivity contribution < 1.29 is 9.90 Å². The summed E-state index contributed by atoms with van der Waals surface area (Å²) < 4.78 is 0. The number of likely N-dealkylation sites (N-methyl/N-ethyl adjacent to an activating group) is 1. The molecule has 0 aliphatic heterocycles. The zero-order chi connectivity index (χ0) is 11.3. The smallest absolute Gasteiger partial charge is 0.317 e. The van der Waals surface area contributed by atoms with E-state index in [1.165, 1.54) is 4.90 Å². The summed E-state index contributed by atoms with van der Waals surface area (Å²) in [6, 6.07) is 8.16. The second-order valence-corrected chi connectivity index (χ2v) is 4.29. The molecule has 3 nitrogen and oxygen atoms in total. The molecule has 4 heteroatoms. The number of aliphatic carboxylic acids is 1. The van der Waals surface area contributed by atoms with E-state index in [-0.39, 0.29) is 6.54 Å². The maximum absolute atomic E-state index is 10.5. The molecule has 0 fully saturated rings. The van der Waals surface area contributed by atoms with Crippen LogP contribution in [0.3, 0.4) is 0 Å². The van der Waals surface area contributed by atoms with Crippen LogP contribution in [0.15, 0.2) is 29.2 Å². The van der Waals surface area contributed by atoms with Crippen LogP contribution >= 0.6 is 11.8 Å². The minimum Gasteiger partial charge on any atom is -0.480 e. The van der Waals surface area contributed by atoms with Crippen LogP contribution in [0.2, 0.25) is 0 Å². The molecule has 0 spiro atoms. The van der Waals surface area contributed by atoms with E-state index >= 15 is 0 Å². The van der Waals surface area contributed by atoms with Gasteiger partial charge in [-0.05, 0) is 31.0 Å². The topological polar surface area (TPSA) is 40.5 Å². The minimum absolute atomic E-state index is 0.0737. The van der Waals surface area contributed by atoms with Gasteiger partial charge in [-0.25, -0.2) is 0 Å². The van der Waals surface area contributed by atoms with Gasteiger partial charge in [0.25, 0.3) is 0 Å². The summed E-state index contributed by atoms with van der Waals surface area (Å²) in [5.41, 5.74) is 1.14. The largest absolute Gasteiger partial charge is 0.480 e. The maximum atomic E-state index is 10.5. The van der Waals surface area contributed by atoms with Gasteiger partial charge in [-0.2, -0.15) is 0 Å². The fourth-order valence-electron chi connectivity index (χ4n) is 1.33. The van der Waals surface area contributed by atoms with Gasteiger partial charge in [-0.3, -0.25) is 9.69 Å². The van der Waals surface area contributed by atoms with Crippen molar-refractivity contribution in [2.24, 2.45) is 0 Å². The SMILES string of the molecule is CSc1ccc(CN(C)CC(=O)O)cc1. The van der Waals surface area contributed by atoms with E-state index in [1.54, 1.807) is 23.7 Å². The third-order valence-electron chi connectivity index (χ3n) is 2.02. The average molecular weight is 225 g/mol. The second-order valence-electron chi connectivity index (χ2n) is 3.41. The monoisotopic (exact) mass is 225 g/mol. The number of rotatable bonds is 5. The van der Waals surface area contributed by atoms with E-state index in [1.807, 2.05) is 18.4 Å². The number of thioether (sulfide) groups is 1. The second kappa shape index (κ2) is 5.78. The summed E-state index contributed by atoms with van der Waals surface area (Å²) in [5.74, 6) is -0.793. The Morgan fingerprint density at radius 3 is 2.47 bits per heavy atom.